The lowest BCUT2D eigenvalue weighted by Gasteiger charge is -2.23. The van der Waals surface area contributed by atoms with E-state index >= 15 is 0 Å². The van der Waals surface area contributed by atoms with Gasteiger partial charge in [0.05, 0.1) is 17.9 Å². The van der Waals surface area contributed by atoms with Gasteiger partial charge in [0.15, 0.2) is 0 Å². The molecular weight excluding hydrogens is 266 g/mol. The normalized spacial score (nSPS) is 11.2. The van der Waals surface area contributed by atoms with Crippen molar-refractivity contribution in [2.45, 2.75) is 26.2 Å². The molecule has 0 bridgehead atoms. The van der Waals surface area contributed by atoms with Crippen molar-refractivity contribution in [2.75, 3.05) is 16.6 Å². The predicted octanol–water partition coefficient (Wildman–Crippen LogP) is 2.10. The SMILES string of the molecule is CCCCS(=O)(=O)N(CCC(=O)O)c1ccccc1. The van der Waals surface area contributed by atoms with Crippen LogP contribution in [0.1, 0.15) is 26.2 Å². The number of nitrogens with zero attached hydrogens (tertiary/aromatic N) is 1. The lowest BCUT2D eigenvalue weighted by molar-refractivity contribution is -0.136. The Hall–Kier alpha value is -1.56. The van der Waals surface area contributed by atoms with Gasteiger partial charge in [0.2, 0.25) is 10.0 Å². The Balaban J connectivity index is 2.95. The minimum Gasteiger partial charge on any atom is -0.481 e. The monoisotopic (exact) mass is 285 g/mol. The number of carboxylic acids is 1. The minimum absolute atomic E-state index is 0.0363. The number of para-hydroxylation sites is 1. The highest BCUT2D eigenvalue weighted by atomic mass is 32.2. The zero-order valence-corrected chi connectivity index (χ0v) is 11.8. The molecule has 0 atom stereocenters. The number of rotatable bonds is 8. The highest BCUT2D eigenvalue weighted by Crippen LogP contribution is 2.19. The zero-order chi connectivity index (χ0) is 14.3. The van der Waals surface area contributed by atoms with Gasteiger partial charge in [-0.1, -0.05) is 31.5 Å². The standard InChI is InChI=1S/C13H19NO4S/c1-2-3-11-19(17,18)14(10-9-13(15)16)12-7-5-4-6-8-12/h4-8H,2-3,9-11H2,1H3,(H,15,16). The molecule has 1 aromatic rings. The van der Waals surface area contributed by atoms with Gasteiger partial charge in [0.25, 0.3) is 0 Å². The van der Waals surface area contributed by atoms with E-state index in [-0.39, 0.29) is 18.7 Å². The highest BCUT2D eigenvalue weighted by Gasteiger charge is 2.22. The fourth-order valence-electron chi connectivity index (χ4n) is 1.66. The Morgan fingerprint density at radius 3 is 2.42 bits per heavy atom. The van der Waals surface area contributed by atoms with E-state index in [0.717, 1.165) is 6.42 Å². The lowest BCUT2D eigenvalue weighted by Crippen LogP contribution is -2.34. The van der Waals surface area contributed by atoms with Gasteiger partial charge in [-0.15, -0.1) is 0 Å². The second-order valence-electron chi connectivity index (χ2n) is 4.22. The second-order valence-corrected chi connectivity index (χ2v) is 6.23. The van der Waals surface area contributed by atoms with Gasteiger partial charge in [0, 0.05) is 6.54 Å². The molecule has 0 spiro atoms. The maximum Gasteiger partial charge on any atom is 0.305 e. The number of carboxylic acid groups (broad SMARTS) is 1. The molecule has 0 radical (unpaired) electrons. The van der Waals surface area contributed by atoms with Crippen LogP contribution in [0.3, 0.4) is 0 Å². The molecule has 0 aliphatic carbocycles. The van der Waals surface area contributed by atoms with Crippen LogP contribution in [-0.2, 0) is 14.8 Å². The molecule has 0 heterocycles. The van der Waals surface area contributed by atoms with Gasteiger partial charge >= 0.3 is 5.97 Å². The molecule has 0 amide bonds. The van der Waals surface area contributed by atoms with Crippen LogP contribution in [0, 0.1) is 0 Å². The average molecular weight is 285 g/mol. The molecule has 5 nitrogen and oxygen atoms in total. The fraction of sp³-hybridized carbons (Fsp3) is 0.462. The van der Waals surface area contributed by atoms with Crippen molar-refractivity contribution in [3.63, 3.8) is 0 Å². The van der Waals surface area contributed by atoms with Crippen molar-refractivity contribution in [3.05, 3.63) is 30.3 Å². The van der Waals surface area contributed by atoms with E-state index < -0.39 is 16.0 Å². The van der Waals surface area contributed by atoms with Crippen molar-refractivity contribution < 1.29 is 18.3 Å². The fourth-order valence-corrected chi connectivity index (χ4v) is 3.34. The summed E-state index contributed by atoms with van der Waals surface area (Å²) in [6.45, 7) is 1.88. The van der Waals surface area contributed by atoms with Gasteiger partial charge in [-0.05, 0) is 18.6 Å². The summed E-state index contributed by atoms with van der Waals surface area (Å²) in [6.07, 6.45) is 1.14. The quantitative estimate of drug-likeness (QED) is 0.793. The van der Waals surface area contributed by atoms with Gasteiger partial charge < -0.3 is 5.11 Å². The van der Waals surface area contributed by atoms with E-state index in [4.69, 9.17) is 5.11 Å². The summed E-state index contributed by atoms with van der Waals surface area (Å²) in [5.41, 5.74) is 0.514. The van der Waals surface area contributed by atoms with Gasteiger partial charge in [-0.25, -0.2) is 8.42 Å². The molecule has 106 valence electrons. The van der Waals surface area contributed by atoms with E-state index in [9.17, 15) is 13.2 Å². The van der Waals surface area contributed by atoms with Crippen LogP contribution in [0.25, 0.3) is 0 Å². The Labute approximate surface area is 113 Å². The van der Waals surface area contributed by atoms with E-state index in [0.29, 0.717) is 12.1 Å². The molecule has 19 heavy (non-hydrogen) atoms. The van der Waals surface area contributed by atoms with Crippen molar-refractivity contribution >= 4 is 21.7 Å². The summed E-state index contributed by atoms with van der Waals surface area (Å²) < 4.78 is 25.7. The summed E-state index contributed by atoms with van der Waals surface area (Å²) in [4.78, 5) is 10.7. The molecule has 6 heteroatoms. The number of unbranched alkanes of at least 4 members (excludes halogenated alkanes) is 1. The molecule has 1 aromatic carbocycles. The smallest absolute Gasteiger partial charge is 0.305 e. The Bertz CT molecular complexity index is 499. The van der Waals surface area contributed by atoms with Gasteiger partial charge in [-0.2, -0.15) is 0 Å². The summed E-state index contributed by atoms with van der Waals surface area (Å²) in [7, 11) is -3.46. The van der Waals surface area contributed by atoms with Crippen molar-refractivity contribution in [2.24, 2.45) is 0 Å². The summed E-state index contributed by atoms with van der Waals surface area (Å²) in [5, 5.41) is 8.73. The molecule has 0 aromatic heterocycles. The first-order valence-corrected chi connectivity index (χ1v) is 7.85. The molecule has 1 N–H and O–H groups in total. The summed E-state index contributed by atoms with van der Waals surface area (Å²) in [6, 6.07) is 8.60. The van der Waals surface area contributed by atoms with Crippen molar-refractivity contribution in [1.82, 2.24) is 0 Å². The third-order valence-electron chi connectivity index (χ3n) is 2.66. The molecule has 0 unspecified atom stereocenters. The summed E-state index contributed by atoms with van der Waals surface area (Å²) in [5.74, 6) is -0.968. The topological polar surface area (TPSA) is 74.7 Å². The lowest BCUT2D eigenvalue weighted by atomic mass is 10.3. The van der Waals surface area contributed by atoms with Crippen LogP contribution in [0.15, 0.2) is 30.3 Å². The first kappa shape index (κ1) is 15.5. The Kier molecular flexibility index (Phi) is 5.82. The van der Waals surface area contributed by atoms with Gasteiger partial charge in [-0.3, -0.25) is 9.10 Å². The van der Waals surface area contributed by atoms with Crippen LogP contribution in [0.2, 0.25) is 0 Å². The number of carbonyl (C=O) groups is 1. The molecule has 0 saturated carbocycles. The largest absolute Gasteiger partial charge is 0.481 e. The number of anilines is 1. The Morgan fingerprint density at radius 2 is 1.89 bits per heavy atom. The molecule has 0 fully saturated rings. The van der Waals surface area contributed by atoms with Crippen LogP contribution in [0.5, 0.6) is 0 Å². The van der Waals surface area contributed by atoms with E-state index in [1.165, 1.54) is 4.31 Å². The van der Waals surface area contributed by atoms with E-state index in [1.54, 1.807) is 30.3 Å². The highest BCUT2D eigenvalue weighted by molar-refractivity contribution is 7.92. The third-order valence-corrected chi connectivity index (χ3v) is 4.53. The molecular formula is C13H19NO4S. The van der Waals surface area contributed by atoms with Gasteiger partial charge in [0.1, 0.15) is 0 Å². The average Bonchev–Trinajstić information content (AvgIpc) is 2.37. The maximum absolute atomic E-state index is 12.2. The maximum atomic E-state index is 12.2. The minimum atomic E-state index is -3.46. The number of benzene rings is 1. The second kappa shape index (κ2) is 7.13. The van der Waals surface area contributed by atoms with Crippen LogP contribution >= 0.6 is 0 Å². The summed E-state index contributed by atoms with van der Waals surface area (Å²) >= 11 is 0. The first-order chi connectivity index (χ1) is 8.97. The van der Waals surface area contributed by atoms with Crippen LogP contribution < -0.4 is 4.31 Å². The molecule has 0 saturated heterocycles. The van der Waals surface area contributed by atoms with Crippen molar-refractivity contribution in [1.29, 1.82) is 0 Å². The molecule has 0 aliphatic heterocycles. The molecule has 1 rings (SSSR count). The van der Waals surface area contributed by atoms with Crippen LogP contribution in [-0.4, -0.2) is 31.8 Å². The third kappa shape index (κ3) is 4.90. The first-order valence-electron chi connectivity index (χ1n) is 6.24. The predicted molar refractivity (Wildman–Crippen MR) is 74.7 cm³/mol. The van der Waals surface area contributed by atoms with E-state index in [2.05, 4.69) is 0 Å². The number of sulfonamides is 1. The van der Waals surface area contributed by atoms with Crippen LogP contribution in [0.4, 0.5) is 5.69 Å². The molecule has 0 aliphatic rings. The number of aliphatic carboxylic acids is 1. The number of hydrogen-bond acceptors (Lipinski definition) is 3. The zero-order valence-electron chi connectivity index (χ0n) is 10.9. The van der Waals surface area contributed by atoms with E-state index in [1.807, 2.05) is 6.92 Å². The number of hydrogen-bond donors (Lipinski definition) is 1. The van der Waals surface area contributed by atoms with Crippen molar-refractivity contribution in [3.8, 4) is 0 Å². The Morgan fingerprint density at radius 1 is 1.26 bits per heavy atom.